The number of carbonyl (C=O) groups is 2. The molecular formula is C21H25N5O2. The number of aromatic nitrogens is 2. The van der Waals surface area contributed by atoms with Gasteiger partial charge < -0.3 is 15.2 Å². The number of benzene rings is 1. The van der Waals surface area contributed by atoms with Crippen LogP contribution in [0, 0.1) is 17.2 Å². The van der Waals surface area contributed by atoms with Crippen molar-refractivity contribution in [3.63, 3.8) is 0 Å². The second-order valence-corrected chi connectivity index (χ2v) is 7.39. The van der Waals surface area contributed by atoms with Gasteiger partial charge in [-0.3, -0.25) is 9.59 Å². The first kappa shape index (κ1) is 19.6. The van der Waals surface area contributed by atoms with E-state index >= 15 is 0 Å². The number of nitrogens with one attached hydrogen (secondary N) is 2. The highest BCUT2D eigenvalue weighted by Crippen LogP contribution is 2.23. The Kier molecular flexibility index (Phi) is 6.09. The van der Waals surface area contributed by atoms with Gasteiger partial charge in [-0.25, -0.2) is 4.98 Å². The van der Waals surface area contributed by atoms with Crippen LogP contribution in [0.25, 0.3) is 0 Å². The van der Waals surface area contributed by atoms with Gasteiger partial charge in [-0.2, -0.15) is 5.26 Å². The zero-order valence-corrected chi connectivity index (χ0v) is 16.3. The lowest BCUT2D eigenvalue weighted by Crippen LogP contribution is -2.29. The van der Waals surface area contributed by atoms with E-state index in [1.165, 1.54) is 0 Å². The highest BCUT2D eigenvalue weighted by Gasteiger charge is 2.27. The van der Waals surface area contributed by atoms with Gasteiger partial charge >= 0.3 is 0 Å². The predicted molar refractivity (Wildman–Crippen MR) is 106 cm³/mol. The molecule has 0 fully saturated rings. The molecule has 1 aliphatic heterocycles. The lowest BCUT2D eigenvalue weighted by molar-refractivity contribution is 0.0936. The quantitative estimate of drug-likeness (QED) is 0.805. The molecule has 1 aromatic heterocycles. The van der Waals surface area contributed by atoms with E-state index in [0.717, 1.165) is 25.0 Å². The molecule has 28 heavy (non-hydrogen) atoms. The molecule has 2 N–H and O–H groups in total. The molecule has 146 valence electrons. The molecule has 3 rings (SSSR count). The Labute approximate surface area is 164 Å². The number of imidazole rings is 1. The Bertz CT molecular complexity index is 923. The zero-order chi connectivity index (χ0) is 20.1. The molecule has 1 aromatic carbocycles. The molecule has 2 aromatic rings. The number of hydrogen-bond donors (Lipinski definition) is 2. The van der Waals surface area contributed by atoms with Crippen molar-refractivity contribution in [2.45, 2.75) is 46.1 Å². The molecule has 0 saturated heterocycles. The summed E-state index contributed by atoms with van der Waals surface area (Å²) in [4.78, 5) is 29.9. The van der Waals surface area contributed by atoms with E-state index in [1.807, 2.05) is 4.57 Å². The number of nitrogens with zero attached hydrogens (tertiary/aromatic N) is 3. The van der Waals surface area contributed by atoms with Crippen LogP contribution in [-0.4, -0.2) is 27.9 Å². The summed E-state index contributed by atoms with van der Waals surface area (Å²) < 4.78 is 1.86. The second-order valence-electron chi connectivity index (χ2n) is 7.39. The summed E-state index contributed by atoms with van der Waals surface area (Å²) in [5.74, 6) is 0.142. The summed E-state index contributed by atoms with van der Waals surface area (Å²) >= 11 is 0. The van der Waals surface area contributed by atoms with Gasteiger partial charge in [0.25, 0.3) is 11.8 Å². The van der Waals surface area contributed by atoms with Gasteiger partial charge in [-0.15, -0.1) is 0 Å². The fourth-order valence-corrected chi connectivity index (χ4v) is 3.32. The van der Waals surface area contributed by atoms with Crippen LogP contribution < -0.4 is 10.6 Å². The smallest absolute Gasteiger partial charge is 0.287 e. The van der Waals surface area contributed by atoms with Crippen LogP contribution in [0.5, 0.6) is 0 Å². The highest BCUT2D eigenvalue weighted by atomic mass is 16.2. The van der Waals surface area contributed by atoms with E-state index in [0.29, 0.717) is 36.7 Å². The molecule has 0 spiro atoms. The maximum absolute atomic E-state index is 12.9. The third-order valence-corrected chi connectivity index (χ3v) is 4.84. The Morgan fingerprint density at radius 2 is 2.04 bits per heavy atom. The SMILES string of the molecule is CC(C)CCNC(=O)c1nc(C(=O)Nc2ccccc2C#N)c2n1CCCC2. The van der Waals surface area contributed by atoms with Crippen molar-refractivity contribution in [3.8, 4) is 6.07 Å². The van der Waals surface area contributed by atoms with E-state index < -0.39 is 5.91 Å². The first-order chi connectivity index (χ1) is 13.5. The van der Waals surface area contributed by atoms with E-state index in [2.05, 4.69) is 35.5 Å². The van der Waals surface area contributed by atoms with Crippen molar-refractivity contribution in [2.24, 2.45) is 5.92 Å². The van der Waals surface area contributed by atoms with E-state index in [9.17, 15) is 14.9 Å². The van der Waals surface area contributed by atoms with Crippen LogP contribution in [0.15, 0.2) is 24.3 Å². The predicted octanol–water partition coefficient (Wildman–Crippen LogP) is 3.12. The Hall–Kier alpha value is -3.14. The van der Waals surface area contributed by atoms with Crippen LogP contribution in [0.1, 0.15) is 65.5 Å². The van der Waals surface area contributed by atoms with E-state index in [4.69, 9.17) is 0 Å². The Balaban J connectivity index is 1.85. The summed E-state index contributed by atoms with van der Waals surface area (Å²) in [5.41, 5.74) is 1.87. The molecule has 0 bridgehead atoms. The average molecular weight is 379 g/mol. The molecule has 2 heterocycles. The van der Waals surface area contributed by atoms with Crippen molar-refractivity contribution in [1.29, 1.82) is 5.26 Å². The molecule has 2 amide bonds. The minimum absolute atomic E-state index is 0.250. The van der Waals surface area contributed by atoms with Gasteiger partial charge in [0.05, 0.1) is 16.9 Å². The summed E-state index contributed by atoms with van der Waals surface area (Å²) in [6.07, 6.45) is 3.50. The molecule has 7 nitrogen and oxygen atoms in total. The van der Waals surface area contributed by atoms with Crippen LogP contribution in [0.2, 0.25) is 0 Å². The number of hydrogen-bond acceptors (Lipinski definition) is 4. The lowest BCUT2D eigenvalue weighted by Gasteiger charge is -2.17. The largest absolute Gasteiger partial charge is 0.349 e. The van der Waals surface area contributed by atoms with Gasteiger partial charge in [0.2, 0.25) is 0 Å². The number of nitriles is 1. The fraction of sp³-hybridized carbons (Fsp3) is 0.429. The van der Waals surface area contributed by atoms with Crippen LogP contribution in [0.3, 0.4) is 0 Å². The third kappa shape index (κ3) is 4.22. The topological polar surface area (TPSA) is 99.8 Å². The minimum Gasteiger partial charge on any atom is -0.349 e. The summed E-state index contributed by atoms with van der Waals surface area (Å²) in [7, 11) is 0. The third-order valence-electron chi connectivity index (χ3n) is 4.84. The first-order valence-corrected chi connectivity index (χ1v) is 9.69. The maximum atomic E-state index is 12.9. The van der Waals surface area contributed by atoms with Gasteiger partial charge in [0, 0.05) is 13.1 Å². The van der Waals surface area contributed by atoms with Crippen LogP contribution >= 0.6 is 0 Å². The second kappa shape index (κ2) is 8.70. The maximum Gasteiger partial charge on any atom is 0.287 e. The molecule has 0 radical (unpaired) electrons. The molecule has 0 atom stereocenters. The minimum atomic E-state index is -0.394. The molecule has 0 unspecified atom stereocenters. The monoisotopic (exact) mass is 379 g/mol. The Morgan fingerprint density at radius 3 is 2.79 bits per heavy atom. The molecular weight excluding hydrogens is 354 g/mol. The summed E-state index contributed by atoms with van der Waals surface area (Å²) in [5, 5.41) is 14.9. The number of rotatable bonds is 6. The van der Waals surface area contributed by atoms with Gasteiger partial charge in [0.1, 0.15) is 6.07 Å². The number of amides is 2. The average Bonchev–Trinajstić information content (AvgIpc) is 3.08. The van der Waals surface area contributed by atoms with Gasteiger partial charge in [0.15, 0.2) is 11.5 Å². The molecule has 1 aliphatic rings. The zero-order valence-electron chi connectivity index (χ0n) is 16.3. The van der Waals surface area contributed by atoms with Gasteiger partial charge in [-0.1, -0.05) is 26.0 Å². The molecule has 0 saturated carbocycles. The summed E-state index contributed by atoms with van der Waals surface area (Å²) in [6.45, 7) is 5.46. The van der Waals surface area contributed by atoms with Crippen molar-refractivity contribution in [2.75, 3.05) is 11.9 Å². The molecule has 7 heteroatoms. The van der Waals surface area contributed by atoms with Crippen molar-refractivity contribution < 1.29 is 9.59 Å². The number of carbonyl (C=O) groups excluding carboxylic acids is 2. The van der Waals surface area contributed by atoms with E-state index in [1.54, 1.807) is 24.3 Å². The van der Waals surface area contributed by atoms with E-state index in [-0.39, 0.29) is 17.4 Å². The number of anilines is 1. The normalized spacial score (nSPS) is 12.9. The van der Waals surface area contributed by atoms with Crippen LogP contribution in [-0.2, 0) is 13.0 Å². The summed E-state index contributed by atoms with van der Waals surface area (Å²) in [6, 6.07) is 8.89. The van der Waals surface area contributed by atoms with Crippen molar-refractivity contribution in [1.82, 2.24) is 14.9 Å². The lowest BCUT2D eigenvalue weighted by atomic mass is 10.1. The number of fused-ring (bicyclic) bond motifs is 1. The van der Waals surface area contributed by atoms with Crippen molar-refractivity contribution in [3.05, 3.63) is 47.0 Å². The standard InChI is InChI=1S/C21H25N5O2/c1-14(2)10-11-23-21(28)19-25-18(17-9-5-6-12-26(17)19)20(27)24-16-8-4-3-7-15(16)13-22/h3-4,7-8,14H,5-6,9-12H2,1-2H3,(H,23,28)(H,24,27). The first-order valence-electron chi connectivity index (χ1n) is 9.69. The fourth-order valence-electron chi connectivity index (χ4n) is 3.32. The highest BCUT2D eigenvalue weighted by molar-refractivity contribution is 6.05. The van der Waals surface area contributed by atoms with Gasteiger partial charge in [-0.05, 0) is 43.7 Å². The Morgan fingerprint density at radius 1 is 1.25 bits per heavy atom. The van der Waals surface area contributed by atoms with Crippen LogP contribution in [0.4, 0.5) is 5.69 Å². The molecule has 0 aliphatic carbocycles. The number of para-hydroxylation sites is 1. The van der Waals surface area contributed by atoms with Crippen molar-refractivity contribution >= 4 is 17.5 Å².